The van der Waals surface area contributed by atoms with Gasteiger partial charge in [-0.3, -0.25) is 4.79 Å². The van der Waals surface area contributed by atoms with Gasteiger partial charge in [0.15, 0.2) is 0 Å². The van der Waals surface area contributed by atoms with Crippen LogP contribution in [0.5, 0.6) is 0 Å². The SMILES string of the molecule is CCC(C)(C)C(=O)N1CCO[C@H](CF)C1. The highest BCUT2D eigenvalue weighted by molar-refractivity contribution is 5.82. The average Bonchev–Trinajstić information content (AvgIpc) is 2.28. The van der Waals surface area contributed by atoms with Gasteiger partial charge in [-0.15, -0.1) is 0 Å². The van der Waals surface area contributed by atoms with Crippen molar-refractivity contribution in [2.75, 3.05) is 26.4 Å². The number of nitrogens with zero attached hydrogens (tertiary/aromatic N) is 1. The van der Waals surface area contributed by atoms with Crippen molar-refractivity contribution < 1.29 is 13.9 Å². The summed E-state index contributed by atoms with van der Waals surface area (Å²) in [6.45, 7) is 6.74. The number of alkyl halides is 1. The van der Waals surface area contributed by atoms with Crippen LogP contribution in [-0.2, 0) is 9.53 Å². The van der Waals surface area contributed by atoms with Crippen LogP contribution < -0.4 is 0 Å². The third-order valence-corrected chi connectivity index (χ3v) is 3.06. The van der Waals surface area contributed by atoms with E-state index in [9.17, 15) is 9.18 Å². The number of hydrogen-bond acceptors (Lipinski definition) is 2. The summed E-state index contributed by atoms with van der Waals surface area (Å²) in [5.41, 5.74) is -0.349. The van der Waals surface area contributed by atoms with Gasteiger partial charge in [0.2, 0.25) is 5.91 Å². The van der Waals surface area contributed by atoms with Gasteiger partial charge < -0.3 is 9.64 Å². The number of ether oxygens (including phenoxy) is 1. The lowest BCUT2D eigenvalue weighted by molar-refractivity contribution is -0.148. The van der Waals surface area contributed by atoms with E-state index in [4.69, 9.17) is 4.74 Å². The molecule has 4 heteroatoms. The van der Waals surface area contributed by atoms with Gasteiger partial charge in [0.05, 0.1) is 6.61 Å². The van der Waals surface area contributed by atoms with E-state index in [0.717, 1.165) is 6.42 Å². The monoisotopic (exact) mass is 217 g/mol. The van der Waals surface area contributed by atoms with Crippen molar-refractivity contribution in [3.05, 3.63) is 0 Å². The molecule has 0 N–H and O–H groups in total. The number of carbonyl (C=O) groups excluding carboxylic acids is 1. The number of carbonyl (C=O) groups is 1. The Kier molecular flexibility index (Phi) is 4.08. The van der Waals surface area contributed by atoms with E-state index in [-0.39, 0.29) is 11.3 Å². The lowest BCUT2D eigenvalue weighted by Gasteiger charge is -2.36. The highest BCUT2D eigenvalue weighted by atomic mass is 19.1. The highest BCUT2D eigenvalue weighted by Gasteiger charge is 2.33. The van der Waals surface area contributed by atoms with Crippen LogP contribution in [0.2, 0.25) is 0 Å². The predicted octanol–water partition coefficient (Wildman–Crippen LogP) is 1.62. The normalized spacial score (nSPS) is 22.9. The minimum Gasteiger partial charge on any atom is -0.372 e. The minimum atomic E-state index is -0.518. The molecule has 0 aliphatic carbocycles. The second-order valence-corrected chi connectivity index (χ2v) is 4.64. The van der Waals surface area contributed by atoms with Gasteiger partial charge in [0.25, 0.3) is 0 Å². The van der Waals surface area contributed by atoms with Crippen molar-refractivity contribution in [2.24, 2.45) is 5.41 Å². The molecule has 0 aromatic rings. The molecule has 0 radical (unpaired) electrons. The first-order valence-corrected chi connectivity index (χ1v) is 5.48. The van der Waals surface area contributed by atoms with Crippen LogP contribution in [0.3, 0.4) is 0 Å². The molecule has 1 heterocycles. The summed E-state index contributed by atoms with van der Waals surface area (Å²) in [6.07, 6.45) is 0.360. The first-order chi connectivity index (χ1) is 7.01. The van der Waals surface area contributed by atoms with E-state index >= 15 is 0 Å². The Labute approximate surface area is 90.6 Å². The van der Waals surface area contributed by atoms with Crippen molar-refractivity contribution in [3.63, 3.8) is 0 Å². The van der Waals surface area contributed by atoms with Crippen LogP contribution >= 0.6 is 0 Å². The smallest absolute Gasteiger partial charge is 0.228 e. The van der Waals surface area contributed by atoms with Gasteiger partial charge in [0, 0.05) is 18.5 Å². The molecule has 1 aliphatic heterocycles. The van der Waals surface area contributed by atoms with Gasteiger partial charge in [0.1, 0.15) is 12.8 Å². The van der Waals surface area contributed by atoms with Crippen LogP contribution in [0, 0.1) is 5.41 Å². The molecule has 1 amide bonds. The second-order valence-electron chi connectivity index (χ2n) is 4.64. The molecule has 1 saturated heterocycles. The molecule has 0 spiro atoms. The molecule has 1 atom stereocenters. The van der Waals surface area contributed by atoms with Crippen molar-refractivity contribution >= 4 is 5.91 Å². The molecule has 1 aliphatic rings. The van der Waals surface area contributed by atoms with E-state index in [1.54, 1.807) is 4.90 Å². The van der Waals surface area contributed by atoms with Crippen LogP contribution in [-0.4, -0.2) is 43.3 Å². The van der Waals surface area contributed by atoms with Crippen molar-refractivity contribution in [1.29, 1.82) is 0 Å². The minimum absolute atomic E-state index is 0.103. The molecular formula is C11H20FNO2. The van der Waals surface area contributed by atoms with E-state index in [1.807, 2.05) is 20.8 Å². The zero-order valence-electron chi connectivity index (χ0n) is 9.75. The fourth-order valence-electron chi connectivity index (χ4n) is 1.58. The summed E-state index contributed by atoms with van der Waals surface area (Å²) in [5, 5.41) is 0. The maximum absolute atomic E-state index is 12.4. The Morgan fingerprint density at radius 3 is 2.80 bits per heavy atom. The Morgan fingerprint density at radius 1 is 1.60 bits per heavy atom. The quantitative estimate of drug-likeness (QED) is 0.719. The zero-order valence-corrected chi connectivity index (χ0v) is 9.75. The number of amides is 1. The number of morpholine rings is 1. The van der Waals surface area contributed by atoms with Crippen LogP contribution in [0.15, 0.2) is 0 Å². The van der Waals surface area contributed by atoms with Crippen LogP contribution in [0.1, 0.15) is 27.2 Å². The molecule has 0 bridgehead atoms. The van der Waals surface area contributed by atoms with Gasteiger partial charge in [-0.1, -0.05) is 20.8 Å². The van der Waals surface area contributed by atoms with Gasteiger partial charge >= 0.3 is 0 Å². The number of halogens is 1. The van der Waals surface area contributed by atoms with Crippen molar-refractivity contribution in [2.45, 2.75) is 33.3 Å². The lowest BCUT2D eigenvalue weighted by Crippen LogP contribution is -2.50. The maximum atomic E-state index is 12.4. The van der Waals surface area contributed by atoms with Crippen molar-refractivity contribution in [1.82, 2.24) is 4.90 Å². The predicted molar refractivity (Wildman–Crippen MR) is 56.4 cm³/mol. The summed E-state index contributed by atoms with van der Waals surface area (Å²) in [5.74, 6) is 0.103. The molecule has 0 unspecified atom stereocenters. The molecule has 15 heavy (non-hydrogen) atoms. The topological polar surface area (TPSA) is 29.5 Å². The number of hydrogen-bond donors (Lipinski definition) is 0. The second kappa shape index (κ2) is 4.92. The first kappa shape index (κ1) is 12.4. The summed E-state index contributed by atoms with van der Waals surface area (Å²) < 4.78 is 17.6. The van der Waals surface area contributed by atoms with Crippen molar-refractivity contribution in [3.8, 4) is 0 Å². The fourth-order valence-corrected chi connectivity index (χ4v) is 1.58. The standard InChI is InChI=1S/C11H20FNO2/c1-4-11(2,3)10(14)13-5-6-15-9(7-12)8-13/h9H,4-8H2,1-3H3/t9-/m1/s1. The Morgan fingerprint density at radius 2 is 2.27 bits per heavy atom. The van der Waals surface area contributed by atoms with Crippen LogP contribution in [0.25, 0.3) is 0 Å². The summed E-state index contributed by atoms with van der Waals surface area (Å²) in [4.78, 5) is 13.8. The Balaban J connectivity index is 2.60. The maximum Gasteiger partial charge on any atom is 0.228 e. The first-order valence-electron chi connectivity index (χ1n) is 5.48. The molecule has 0 aromatic heterocycles. The molecule has 88 valence electrons. The summed E-state index contributed by atoms with van der Waals surface area (Å²) >= 11 is 0. The number of rotatable bonds is 3. The molecule has 1 rings (SSSR count). The molecular weight excluding hydrogens is 197 g/mol. The third kappa shape index (κ3) is 2.91. The molecule has 0 saturated carbocycles. The van der Waals surface area contributed by atoms with E-state index in [1.165, 1.54) is 0 Å². The summed E-state index contributed by atoms with van der Waals surface area (Å²) in [6, 6.07) is 0. The Hall–Kier alpha value is -0.640. The highest BCUT2D eigenvalue weighted by Crippen LogP contribution is 2.24. The van der Waals surface area contributed by atoms with Crippen LogP contribution in [0.4, 0.5) is 4.39 Å². The van der Waals surface area contributed by atoms with Gasteiger partial charge in [-0.25, -0.2) is 4.39 Å². The van der Waals surface area contributed by atoms with E-state index in [0.29, 0.717) is 19.7 Å². The zero-order chi connectivity index (χ0) is 11.5. The molecule has 0 aromatic carbocycles. The fraction of sp³-hybridized carbons (Fsp3) is 0.909. The van der Waals surface area contributed by atoms with Gasteiger partial charge in [-0.05, 0) is 6.42 Å². The average molecular weight is 217 g/mol. The largest absolute Gasteiger partial charge is 0.372 e. The van der Waals surface area contributed by atoms with E-state index < -0.39 is 12.8 Å². The Bertz CT molecular complexity index is 231. The molecule has 3 nitrogen and oxygen atoms in total. The third-order valence-electron chi connectivity index (χ3n) is 3.06. The summed E-state index contributed by atoms with van der Waals surface area (Å²) in [7, 11) is 0. The lowest BCUT2D eigenvalue weighted by atomic mass is 9.88. The van der Waals surface area contributed by atoms with Gasteiger partial charge in [-0.2, -0.15) is 0 Å². The van der Waals surface area contributed by atoms with E-state index in [2.05, 4.69) is 0 Å². The molecule has 1 fully saturated rings.